The molecule has 2 saturated carbocycles. The van der Waals surface area contributed by atoms with Crippen LogP contribution in [0, 0.1) is 11.8 Å². The van der Waals surface area contributed by atoms with Crippen molar-refractivity contribution in [2.75, 3.05) is 13.2 Å². The molecule has 2 rings (SSSR count). The van der Waals surface area contributed by atoms with E-state index in [4.69, 9.17) is 4.74 Å². The fraction of sp³-hybridized carbons (Fsp3) is 0.933. The lowest BCUT2D eigenvalue weighted by Crippen LogP contribution is -2.56. The van der Waals surface area contributed by atoms with Crippen LogP contribution in [0.4, 0.5) is 0 Å². The average molecular weight is 253 g/mol. The maximum absolute atomic E-state index is 12.3. The second-order valence-corrected chi connectivity index (χ2v) is 5.92. The Hall–Kier alpha value is -0.570. The van der Waals surface area contributed by atoms with Crippen molar-refractivity contribution in [1.29, 1.82) is 0 Å². The number of rotatable bonds is 6. The van der Waals surface area contributed by atoms with Gasteiger partial charge in [0.15, 0.2) is 0 Å². The van der Waals surface area contributed by atoms with E-state index in [0.717, 1.165) is 44.1 Å². The van der Waals surface area contributed by atoms with Gasteiger partial charge in [0.25, 0.3) is 0 Å². The predicted molar refractivity (Wildman–Crippen MR) is 72.3 cm³/mol. The Morgan fingerprint density at radius 3 is 2.67 bits per heavy atom. The lowest BCUT2D eigenvalue weighted by atomic mass is 9.73. The van der Waals surface area contributed by atoms with Crippen molar-refractivity contribution >= 4 is 5.97 Å². The second-order valence-electron chi connectivity index (χ2n) is 5.92. The summed E-state index contributed by atoms with van der Waals surface area (Å²) >= 11 is 0. The van der Waals surface area contributed by atoms with E-state index in [2.05, 4.69) is 12.2 Å². The van der Waals surface area contributed by atoms with Gasteiger partial charge in [0.05, 0.1) is 6.61 Å². The molecule has 2 fully saturated rings. The van der Waals surface area contributed by atoms with E-state index in [1.807, 2.05) is 6.92 Å². The van der Waals surface area contributed by atoms with E-state index in [0.29, 0.717) is 6.61 Å². The molecule has 0 saturated heterocycles. The third-order valence-corrected chi connectivity index (χ3v) is 4.46. The van der Waals surface area contributed by atoms with Crippen LogP contribution in [0.1, 0.15) is 58.8 Å². The molecule has 3 nitrogen and oxygen atoms in total. The van der Waals surface area contributed by atoms with Crippen LogP contribution in [-0.4, -0.2) is 24.7 Å². The summed E-state index contributed by atoms with van der Waals surface area (Å²) in [6, 6.07) is 0. The van der Waals surface area contributed by atoms with Crippen molar-refractivity contribution in [2.45, 2.75) is 64.3 Å². The molecule has 0 aromatic rings. The molecule has 0 aromatic heterocycles. The van der Waals surface area contributed by atoms with Crippen molar-refractivity contribution in [3.05, 3.63) is 0 Å². The Labute approximate surface area is 111 Å². The number of hydrogen-bond donors (Lipinski definition) is 1. The van der Waals surface area contributed by atoms with Crippen LogP contribution < -0.4 is 5.32 Å². The molecule has 2 unspecified atom stereocenters. The molecule has 104 valence electrons. The Morgan fingerprint density at radius 2 is 2.06 bits per heavy atom. The summed E-state index contributed by atoms with van der Waals surface area (Å²) in [6.07, 6.45) is 8.23. The second kappa shape index (κ2) is 6.05. The topological polar surface area (TPSA) is 38.3 Å². The quantitative estimate of drug-likeness (QED) is 0.740. The predicted octanol–water partition coefficient (Wildman–Crippen LogP) is 2.89. The Bertz CT molecular complexity index is 288. The third-order valence-electron chi connectivity index (χ3n) is 4.46. The first kappa shape index (κ1) is 13.9. The number of carbonyl (C=O) groups excluding carboxylic acids is 1. The van der Waals surface area contributed by atoms with Crippen molar-refractivity contribution < 1.29 is 9.53 Å². The van der Waals surface area contributed by atoms with Crippen molar-refractivity contribution in [3.63, 3.8) is 0 Å². The summed E-state index contributed by atoms with van der Waals surface area (Å²) < 4.78 is 5.33. The van der Waals surface area contributed by atoms with Gasteiger partial charge in [-0.15, -0.1) is 0 Å². The van der Waals surface area contributed by atoms with E-state index in [1.54, 1.807) is 0 Å². The number of esters is 1. The minimum Gasteiger partial charge on any atom is -0.465 e. The minimum absolute atomic E-state index is 0.0104. The van der Waals surface area contributed by atoms with Crippen LogP contribution in [0.25, 0.3) is 0 Å². The number of nitrogens with one attached hydrogen (secondary N) is 1. The number of ether oxygens (including phenoxy) is 1. The van der Waals surface area contributed by atoms with Gasteiger partial charge in [0.1, 0.15) is 5.54 Å². The van der Waals surface area contributed by atoms with Gasteiger partial charge in [-0.25, -0.2) is 0 Å². The van der Waals surface area contributed by atoms with Crippen molar-refractivity contribution in [2.24, 2.45) is 11.8 Å². The number of hydrogen-bond acceptors (Lipinski definition) is 3. The average Bonchev–Trinajstić information content (AvgIpc) is 3.21. The van der Waals surface area contributed by atoms with Crippen LogP contribution in [-0.2, 0) is 9.53 Å². The summed E-state index contributed by atoms with van der Waals surface area (Å²) in [5.74, 6) is 1.62. The van der Waals surface area contributed by atoms with Crippen molar-refractivity contribution in [1.82, 2.24) is 5.32 Å². The first-order chi connectivity index (χ1) is 8.72. The maximum Gasteiger partial charge on any atom is 0.326 e. The molecule has 0 aromatic carbocycles. The first-order valence-electron chi connectivity index (χ1n) is 7.64. The van der Waals surface area contributed by atoms with E-state index in [9.17, 15) is 4.79 Å². The van der Waals surface area contributed by atoms with Gasteiger partial charge in [0, 0.05) is 0 Å². The van der Waals surface area contributed by atoms with Crippen LogP contribution in [0.5, 0.6) is 0 Å². The van der Waals surface area contributed by atoms with Crippen LogP contribution >= 0.6 is 0 Å². The smallest absolute Gasteiger partial charge is 0.326 e. The summed E-state index contributed by atoms with van der Waals surface area (Å²) in [5, 5.41) is 3.51. The molecule has 2 aliphatic carbocycles. The highest BCUT2D eigenvalue weighted by atomic mass is 16.5. The van der Waals surface area contributed by atoms with Crippen LogP contribution in [0.2, 0.25) is 0 Å². The fourth-order valence-corrected chi connectivity index (χ4v) is 3.34. The highest BCUT2D eigenvalue weighted by molar-refractivity contribution is 5.81. The zero-order valence-corrected chi connectivity index (χ0v) is 11.8. The molecular formula is C15H27NO2. The van der Waals surface area contributed by atoms with Crippen LogP contribution in [0.3, 0.4) is 0 Å². The van der Waals surface area contributed by atoms with Crippen molar-refractivity contribution in [3.8, 4) is 0 Å². The third kappa shape index (κ3) is 3.05. The van der Waals surface area contributed by atoms with E-state index < -0.39 is 0 Å². The number of carbonyl (C=O) groups is 1. The molecule has 0 bridgehead atoms. The van der Waals surface area contributed by atoms with Gasteiger partial charge in [-0.3, -0.25) is 4.79 Å². The highest BCUT2D eigenvalue weighted by Crippen LogP contribution is 2.46. The molecule has 0 aliphatic heterocycles. The van der Waals surface area contributed by atoms with E-state index >= 15 is 0 Å². The Balaban J connectivity index is 2.04. The zero-order valence-electron chi connectivity index (χ0n) is 11.8. The summed E-state index contributed by atoms with van der Waals surface area (Å²) in [7, 11) is 0. The molecule has 0 amide bonds. The van der Waals surface area contributed by atoms with E-state index in [-0.39, 0.29) is 11.5 Å². The highest BCUT2D eigenvalue weighted by Gasteiger charge is 2.46. The summed E-state index contributed by atoms with van der Waals surface area (Å²) in [4.78, 5) is 12.3. The monoisotopic (exact) mass is 253 g/mol. The molecule has 0 radical (unpaired) electrons. The standard InChI is InChI=1S/C15H27NO2/c1-3-10-16-15(14(17)18-4-2)9-5-6-13(11-15)12-7-8-12/h12-13,16H,3-11H2,1-2H3. The summed E-state index contributed by atoms with van der Waals surface area (Å²) in [5.41, 5.74) is -0.377. The molecule has 1 N–H and O–H groups in total. The fourth-order valence-electron chi connectivity index (χ4n) is 3.34. The first-order valence-corrected chi connectivity index (χ1v) is 7.64. The minimum atomic E-state index is -0.377. The SMILES string of the molecule is CCCNC1(C(=O)OCC)CCCC(C2CC2)C1. The Morgan fingerprint density at radius 1 is 1.28 bits per heavy atom. The maximum atomic E-state index is 12.3. The molecular weight excluding hydrogens is 226 g/mol. The largest absolute Gasteiger partial charge is 0.465 e. The lowest BCUT2D eigenvalue weighted by molar-refractivity contribution is -0.153. The molecule has 0 spiro atoms. The van der Waals surface area contributed by atoms with Gasteiger partial charge in [-0.1, -0.05) is 19.8 Å². The molecule has 3 heteroatoms. The van der Waals surface area contributed by atoms with Gasteiger partial charge in [0.2, 0.25) is 0 Å². The molecule has 2 atom stereocenters. The zero-order chi connectivity index (χ0) is 13.0. The van der Waals surface area contributed by atoms with Gasteiger partial charge >= 0.3 is 5.97 Å². The molecule has 18 heavy (non-hydrogen) atoms. The molecule has 2 aliphatic rings. The van der Waals surface area contributed by atoms with Gasteiger partial charge in [-0.2, -0.15) is 0 Å². The van der Waals surface area contributed by atoms with Gasteiger partial charge < -0.3 is 10.1 Å². The Kier molecular flexibility index (Phi) is 4.66. The summed E-state index contributed by atoms with van der Waals surface area (Å²) in [6.45, 7) is 5.44. The van der Waals surface area contributed by atoms with E-state index in [1.165, 1.54) is 19.3 Å². The normalized spacial score (nSPS) is 32.2. The van der Waals surface area contributed by atoms with Crippen LogP contribution in [0.15, 0.2) is 0 Å². The molecule has 0 heterocycles. The lowest BCUT2D eigenvalue weighted by Gasteiger charge is -2.39. The van der Waals surface area contributed by atoms with Gasteiger partial charge in [-0.05, 0) is 57.4 Å².